The molecule has 0 aliphatic carbocycles. The Hall–Kier alpha value is -1.55. The van der Waals surface area contributed by atoms with Crippen molar-refractivity contribution in [2.75, 3.05) is 12.3 Å². The fourth-order valence-electron chi connectivity index (χ4n) is 0.934. The lowest BCUT2D eigenvalue weighted by Crippen LogP contribution is -2.19. The summed E-state index contributed by atoms with van der Waals surface area (Å²) in [6, 6.07) is 3.44. The summed E-state index contributed by atoms with van der Waals surface area (Å²) in [4.78, 5) is 14.6. The van der Waals surface area contributed by atoms with E-state index in [0.29, 0.717) is 17.9 Å². The first kappa shape index (κ1) is 11.5. The maximum absolute atomic E-state index is 10.6. The smallest absolute Gasteiger partial charge is 0.217 e. The predicted octanol–water partition coefficient (Wildman–Crippen LogP) is 1.47. The van der Waals surface area contributed by atoms with Crippen molar-refractivity contribution in [2.24, 2.45) is 0 Å². The number of hydrogen-bond acceptors (Lipinski definition) is 3. The van der Waals surface area contributed by atoms with E-state index >= 15 is 0 Å². The average Bonchev–Trinajstić information content (AvgIpc) is 2.18. The van der Waals surface area contributed by atoms with Gasteiger partial charge in [-0.2, -0.15) is 0 Å². The second kappa shape index (κ2) is 5.36. The number of rotatable bonds is 3. The highest BCUT2D eigenvalue weighted by Crippen LogP contribution is 2.15. The number of nitrogens with one attached hydrogen (secondary N) is 1. The largest absolute Gasteiger partial charge is 0.396 e. The molecular formula is C10H12ClN3O. The number of nitrogens with zero attached hydrogens (tertiary/aromatic N) is 1. The Morgan fingerprint density at radius 1 is 1.67 bits per heavy atom. The van der Waals surface area contributed by atoms with Crippen molar-refractivity contribution in [1.82, 2.24) is 10.3 Å². The zero-order valence-electron chi connectivity index (χ0n) is 8.33. The van der Waals surface area contributed by atoms with Gasteiger partial charge < -0.3 is 11.1 Å². The molecule has 1 heterocycles. The normalized spacial score (nSPS) is 10.5. The van der Waals surface area contributed by atoms with E-state index < -0.39 is 0 Å². The lowest BCUT2D eigenvalue weighted by molar-refractivity contribution is -0.118. The highest BCUT2D eigenvalue weighted by molar-refractivity contribution is 6.31. The fraction of sp³-hybridized carbons (Fsp3) is 0.200. The van der Waals surface area contributed by atoms with Gasteiger partial charge in [-0.3, -0.25) is 4.79 Å². The third-order valence-electron chi connectivity index (χ3n) is 1.66. The average molecular weight is 226 g/mol. The molecule has 0 aliphatic rings. The van der Waals surface area contributed by atoms with Gasteiger partial charge in [0.15, 0.2) is 5.15 Å². The summed E-state index contributed by atoms with van der Waals surface area (Å²) in [5.74, 6) is -0.0667. The number of carbonyl (C=O) groups excluding carboxylic acids is 1. The lowest BCUT2D eigenvalue weighted by atomic mass is 10.3. The second-order valence-electron chi connectivity index (χ2n) is 2.96. The van der Waals surface area contributed by atoms with E-state index in [9.17, 15) is 4.79 Å². The van der Waals surface area contributed by atoms with Gasteiger partial charge in [-0.25, -0.2) is 4.98 Å². The number of halogens is 1. The Bertz CT molecular complexity index is 390. The zero-order valence-corrected chi connectivity index (χ0v) is 9.08. The standard InChI is InChI=1S/C10H12ClN3O/c1-7(15)13-6-2-3-8-4-5-9(12)10(11)14-8/h2-5H,6,12H2,1H3,(H,13,15). The van der Waals surface area contributed by atoms with Crippen LogP contribution in [0.3, 0.4) is 0 Å². The van der Waals surface area contributed by atoms with Gasteiger partial charge in [-0.1, -0.05) is 17.7 Å². The molecule has 0 fully saturated rings. The van der Waals surface area contributed by atoms with Crippen LogP contribution in [0, 0.1) is 0 Å². The van der Waals surface area contributed by atoms with Gasteiger partial charge >= 0.3 is 0 Å². The SMILES string of the molecule is CC(=O)NCC=Cc1ccc(N)c(Cl)n1. The Balaban J connectivity index is 2.57. The highest BCUT2D eigenvalue weighted by atomic mass is 35.5. The van der Waals surface area contributed by atoms with Gasteiger partial charge in [-0.05, 0) is 18.2 Å². The number of nitrogen functional groups attached to an aromatic ring is 1. The predicted molar refractivity (Wildman–Crippen MR) is 61.4 cm³/mol. The molecule has 0 aromatic carbocycles. The minimum Gasteiger partial charge on any atom is -0.396 e. The summed E-state index contributed by atoms with van der Waals surface area (Å²) >= 11 is 5.74. The van der Waals surface area contributed by atoms with Gasteiger partial charge in [-0.15, -0.1) is 0 Å². The van der Waals surface area contributed by atoms with Crippen molar-refractivity contribution in [1.29, 1.82) is 0 Å². The third kappa shape index (κ3) is 3.99. The van der Waals surface area contributed by atoms with Crippen molar-refractivity contribution in [3.8, 4) is 0 Å². The van der Waals surface area contributed by atoms with Gasteiger partial charge in [0, 0.05) is 13.5 Å². The van der Waals surface area contributed by atoms with E-state index in [1.54, 1.807) is 24.3 Å². The summed E-state index contributed by atoms with van der Waals surface area (Å²) in [6.07, 6.45) is 3.55. The number of nitrogens with two attached hydrogens (primary N) is 1. The van der Waals surface area contributed by atoms with Gasteiger partial charge in [0.1, 0.15) is 0 Å². The van der Waals surface area contributed by atoms with Crippen LogP contribution in [0.15, 0.2) is 18.2 Å². The molecule has 5 heteroatoms. The zero-order chi connectivity index (χ0) is 11.3. The molecule has 0 unspecified atom stereocenters. The number of carbonyl (C=O) groups is 1. The Morgan fingerprint density at radius 3 is 3.00 bits per heavy atom. The van der Waals surface area contributed by atoms with Crippen LogP contribution in [-0.4, -0.2) is 17.4 Å². The fourth-order valence-corrected chi connectivity index (χ4v) is 1.09. The van der Waals surface area contributed by atoms with E-state index in [0.717, 1.165) is 0 Å². The molecule has 0 bridgehead atoms. The van der Waals surface area contributed by atoms with Gasteiger partial charge in [0.05, 0.1) is 11.4 Å². The Kier molecular flexibility index (Phi) is 4.12. The lowest BCUT2D eigenvalue weighted by Gasteiger charge is -1.98. The minimum absolute atomic E-state index is 0.0667. The summed E-state index contributed by atoms with van der Waals surface area (Å²) in [5.41, 5.74) is 6.67. The summed E-state index contributed by atoms with van der Waals surface area (Å²) in [5, 5.41) is 2.92. The maximum atomic E-state index is 10.6. The minimum atomic E-state index is -0.0667. The van der Waals surface area contributed by atoms with Crippen LogP contribution in [0.5, 0.6) is 0 Å². The molecule has 0 aliphatic heterocycles. The molecule has 80 valence electrons. The first-order valence-electron chi connectivity index (χ1n) is 4.42. The van der Waals surface area contributed by atoms with Crippen LogP contribution < -0.4 is 11.1 Å². The number of amides is 1. The van der Waals surface area contributed by atoms with Crippen LogP contribution >= 0.6 is 11.6 Å². The van der Waals surface area contributed by atoms with Crippen LogP contribution in [0.25, 0.3) is 6.08 Å². The molecule has 1 amide bonds. The number of pyridine rings is 1. The second-order valence-corrected chi connectivity index (χ2v) is 3.31. The number of aromatic nitrogens is 1. The molecule has 1 aromatic rings. The van der Waals surface area contributed by atoms with Gasteiger partial charge in [0.25, 0.3) is 0 Å². The molecule has 0 saturated carbocycles. The number of hydrogen-bond donors (Lipinski definition) is 2. The maximum Gasteiger partial charge on any atom is 0.217 e. The molecule has 0 radical (unpaired) electrons. The summed E-state index contributed by atoms with van der Waals surface area (Å²) in [6.45, 7) is 1.94. The molecule has 1 aromatic heterocycles. The van der Waals surface area contributed by atoms with E-state index in [1.165, 1.54) is 6.92 Å². The summed E-state index contributed by atoms with van der Waals surface area (Å²) < 4.78 is 0. The number of anilines is 1. The van der Waals surface area contributed by atoms with Crippen molar-refractivity contribution in [3.63, 3.8) is 0 Å². The van der Waals surface area contributed by atoms with Crippen molar-refractivity contribution >= 4 is 29.3 Å². The van der Waals surface area contributed by atoms with Crippen LogP contribution in [-0.2, 0) is 4.79 Å². The van der Waals surface area contributed by atoms with E-state index in [1.807, 2.05) is 0 Å². The van der Waals surface area contributed by atoms with E-state index in [4.69, 9.17) is 17.3 Å². The van der Waals surface area contributed by atoms with Crippen LogP contribution in [0.4, 0.5) is 5.69 Å². The summed E-state index contributed by atoms with van der Waals surface area (Å²) in [7, 11) is 0. The molecule has 1 rings (SSSR count). The van der Waals surface area contributed by atoms with Crippen LogP contribution in [0.2, 0.25) is 5.15 Å². The highest BCUT2D eigenvalue weighted by Gasteiger charge is 1.96. The first-order chi connectivity index (χ1) is 7.09. The van der Waals surface area contributed by atoms with Gasteiger partial charge in [0.2, 0.25) is 5.91 Å². The Morgan fingerprint density at radius 2 is 2.40 bits per heavy atom. The Labute approximate surface area is 93.1 Å². The molecule has 3 N–H and O–H groups in total. The van der Waals surface area contributed by atoms with Crippen molar-refractivity contribution < 1.29 is 4.79 Å². The van der Waals surface area contributed by atoms with Crippen molar-refractivity contribution in [2.45, 2.75) is 6.92 Å². The molecule has 0 saturated heterocycles. The molecule has 0 atom stereocenters. The van der Waals surface area contributed by atoms with E-state index in [2.05, 4.69) is 10.3 Å². The van der Waals surface area contributed by atoms with Crippen LogP contribution in [0.1, 0.15) is 12.6 Å². The molecule has 4 nitrogen and oxygen atoms in total. The third-order valence-corrected chi connectivity index (χ3v) is 1.96. The molecular weight excluding hydrogens is 214 g/mol. The topological polar surface area (TPSA) is 68.0 Å². The first-order valence-corrected chi connectivity index (χ1v) is 4.80. The quantitative estimate of drug-likeness (QED) is 0.766. The van der Waals surface area contributed by atoms with E-state index in [-0.39, 0.29) is 11.1 Å². The molecule has 15 heavy (non-hydrogen) atoms. The monoisotopic (exact) mass is 225 g/mol. The molecule has 0 spiro atoms. The van der Waals surface area contributed by atoms with Crippen molar-refractivity contribution in [3.05, 3.63) is 29.1 Å².